The SMILES string of the molecule is CCCCCCCCCCC(O)C1CC=CCC1. The Labute approximate surface area is 114 Å². The molecule has 0 aliphatic heterocycles. The second-order valence-electron chi connectivity index (χ2n) is 5.88. The van der Waals surface area contributed by atoms with Crippen molar-refractivity contribution in [2.75, 3.05) is 0 Å². The molecule has 0 saturated heterocycles. The Morgan fingerprint density at radius 3 is 2.28 bits per heavy atom. The van der Waals surface area contributed by atoms with Crippen LogP contribution in [0.15, 0.2) is 12.2 Å². The molecule has 0 amide bonds. The van der Waals surface area contributed by atoms with Gasteiger partial charge in [-0.25, -0.2) is 0 Å². The molecule has 18 heavy (non-hydrogen) atoms. The van der Waals surface area contributed by atoms with Crippen molar-refractivity contribution in [2.24, 2.45) is 5.92 Å². The van der Waals surface area contributed by atoms with E-state index < -0.39 is 0 Å². The third-order valence-electron chi connectivity index (χ3n) is 4.21. The summed E-state index contributed by atoms with van der Waals surface area (Å²) in [6, 6.07) is 0. The first-order valence-corrected chi connectivity index (χ1v) is 8.17. The predicted molar refractivity (Wildman–Crippen MR) is 79.7 cm³/mol. The standard InChI is InChI=1S/C17H32O/c1-2-3-4-5-6-7-8-12-15-17(18)16-13-10-9-11-14-16/h9-10,16-18H,2-8,11-15H2,1H3. The van der Waals surface area contributed by atoms with Crippen molar-refractivity contribution in [3.63, 3.8) is 0 Å². The van der Waals surface area contributed by atoms with Gasteiger partial charge in [0, 0.05) is 0 Å². The summed E-state index contributed by atoms with van der Waals surface area (Å²) in [5.74, 6) is 0.541. The average Bonchev–Trinajstić information content (AvgIpc) is 2.42. The Balaban J connectivity index is 1.89. The molecule has 1 N–H and O–H groups in total. The molecule has 0 radical (unpaired) electrons. The zero-order valence-corrected chi connectivity index (χ0v) is 12.2. The molecule has 0 aromatic heterocycles. The van der Waals surface area contributed by atoms with Gasteiger partial charge in [0.25, 0.3) is 0 Å². The van der Waals surface area contributed by atoms with E-state index in [2.05, 4.69) is 19.1 Å². The fraction of sp³-hybridized carbons (Fsp3) is 0.882. The van der Waals surface area contributed by atoms with Gasteiger partial charge in [0.15, 0.2) is 0 Å². The summed E-state index contributed by atoms with van der Waals surface area (Å²) in [6.45, 7) is 2.27. The molecular formula is C17H32O. The van der Waals surface area contributed by atoms with Crippen LogP contribution in [0, 0.1) is 5.92 Å². The molecule has 0 aromatic carbocycles. The van der Waals surface area contributed by atoms with E-state index in [4.69, 9.17) is 0 Å². The lowest BCUT2D eigenvalue weighted by Crippen LogP contribution is -2.21. The third kappa shape index (κ3) is 7.20. The van der Waals surface area contributed by atoms with Gasteiger partial charge >= 0.3 is 0 Å². The summed E-state index contributed by atoms with van der Waals surface area (Å²) in [4.78, 5) is 0. The summed E-state index contributed by atoms with van der Waals surface area (Å²) in [7, 11) is 0. The fourth-order valence-electron chi connectivity index (χ4n) is 2.89. The second kappa shape index (κ2) is 10.6. The summed E-state index contributed by atoms with van der Waals surface area (Å²) in [5.41, 5.74) is 0. The van der Waals surface area contributed by atoms with Crippen LogP contribution in [0.5, 0.6) is 0 Å². The topological polar surface area (TPSA) is 20.2 Å². The van der Waals surface area contributed by atoms with Gasteiger partial charge < -0.3 is 5.11 Å². The molecular weight excluding hydrogens is 220 g/mol. The lowest BCUT2D eigenvalue weighted by molar-refractivity contribution is 0.0907. The fourth-order valence-corrected chi connectivity index (χ4v) is 2.89. The molecule has 0 spiro atoms. The van der Waals surface area contributed by atoms with Gasteiger partial charge in [0.2, 0.25) is 0 Å². The van der Waals surface area contributed by atoms with Crippen LogP contribution in [0.25, 0.3) is 0 Å². The summed E-state index contributed by atoms with van der Waals surface area (Å²) in [6.07, 6.45) is 19.7. The molecule has 0 heterocycles. The van der Waals surface area contributed by atoms with Crippen molar-refractivity contribution < 1.29 is 5.11 Å². The minimum atomic E-state index is -0.0463. The molecule has 1 heteroatoms. The van der Waals surface area contributed by atoms with Crippen molar-refractivity contribution in [1.29, 1.82) is 0 Å². The Morgan fingerprint density at radius 1 is 1.00 bits per heavy atom. The van der Waals surface area contributed by atoms with Crippen molar-refractivity contribution in [3.8, 4) is 0 Å². The Morgan fingerprint density at radius 2 is 1.67 bits per heavy atom. The summed E-state index contributed by atoms with van der Waals surface area (Å²) < 4.78 is 0. The number of hydrogen-bond donors (Lipinski definition) is 1. The maximum absolute atomic E-state index is 10.1. The van der Waals surface area contributed by atoms with Gasteiger partial charge in [-0.05, 0) is 31.6 Å². The highest BCUT2D eigenvalue weighted by Gasteiger charge is 2.18. The molecule has 0 aromatic rings. The maximum Gasteiger partial charge on any atom is 0.0571 e. The summed E-state index contributed by atoms with van der Waals surface area (Å²) >= 11 is 0. The lowest BCUT2D eigenvalue weighted by atomic mass is 9.87. The molecule has 1 aliphatic rings. The van der Waals surface area contributed by atoms with Crippen LogP contribution in [-0.2, 0) is 0 Å². The van der Waals surface area contributed by atoms with Crippen molar-refractivity contribution >= 4 is 0 Å². The quantitative estimate of drug-likeness (QED) is 0.417. The summed E-state index contributed by atoms with van der Waals surface area (Å²) in [5, 5.41) is 10.1. The van der Waals surface area contributed by atoms with Gasteiger partial charge in [-0.1, -0.05) is 70.4 Å². The molecule has 1 rings (SSSR count). The minimum absolute atomic E-state index is 0.0463. The highest BCUT2D eigenvalue weighted by molar-refractivity contribution is 4.92. The Bertz CT molecular complexity index is 210. The van der Waals surface area contributed by atoms with E-state index in [9.17, 15) is 5.11 Å². The van der Waals surface area contributed by atoms with E-state index >= 15 is 0 Å². The highest BCUT2D eigenvalue weighted by atomic mass is 16.3. The molecule has 0 bridgehead atoms. The number of aliphatic hydroxyl groups is 1. The van der Waals surface area contributed by atoms with Gasteiger partial charge in [-0.3, -0.25) is 0 Å². The molecule has 106 valence electrons. The van der Waals surface area contributed by atoms with Gasteiger partial charge in [-0.15, -0.1) is 0 Å². The number of unbranched alkanes of at least 4 members (excludes halogenated alkanes) is 7. The predicted octanol–water partition coefficient (Wildman–Crippen LogP) is 5.23. The molecule has 1 aliphatic carbocycles. The van der Waals surface area contributed by atoms with Gasteiger partial charge in [-0.2, -0.15) is 0 Å². The van der Waals surface area contributed by atoms with Crippen LogP contribution in [0.2, 0.25) is 0 Å². The zero-order chi connectivity index (χ0) is 13.1. The number of rotatable bonds is 10. The van der Waals surface area contributed by atoms with E-state index in [1.165, 1.54) is 64.2 Å². The lowest BCUT2D eigenvalue weighted by Gasteiger charge is -2.23. The third-order valence-corrected chi connectivity index (χ3v) is 4.21. The van der Waals surface area contributed by atoms with E-state index in [1.807, 2.05) is 0 Å². The Kier molecular flexibility index (Phi) is 9.28. The van der Waals surface area contributed by atoms with E-state index in [0.717, 1.165) is 12.8 Å². The first-order valence-electron chi connectivity index (χ1n) is 8.17. The van der Waals surface area contributed by atoms with Crippen LogP contribution in [0.4, 0.5) is 0 Å². The Hall–Kier alpha value is -0.300. The highest BCUT2D eigenvalue weighted by Crippen LogP contribution is 2.24. The number of allylic oxidation sites excluding steroid dienone is 2. The van der Waals surface area contributed by atoms with Crippen molar-refractivity contribution in [1.82, 2.24) is 0 Å². The number of aliphatic hydroxyl groups excluding tert-OH is 1. The van der Waals surface area contributed by atoms with Crippen LogP contribution in [-0.4, -0.2) is 11.2 Å². The van der Waals surface area contributed by atoms with Crippen LogP contribution in [0.1, 0.15) is 84.0 Å². The van der Waals surface area contributed by atoms with E-state index in [1.54, 1.807) is 0 Å². The van der Waals surface area contributed by atoms with Crippen LogP contribution >= 0.6 is 0 Å². The first kappa shape index (κ1) is 15.8. The molecule has 0 saturated carbocycles. The van der Waals surface area contributed by atoms with E-state index in [0.29, 0.717) is 5.92 Å². The average molecular weight is 252 g/mol. The van der Waals surface area contributed by atoms with Gasteiger partial charge in [0.05, 0.1) is 6.10 Å². The largest absolute Gasteiger partial charge is 0.393 e. The van der Waals surface area contributed by atoms with Gasteiger partial charge in [0.1, 0.15) is 0 Å². The smallest absolute Gasteiger partial charge is 0.0571 e. The van der Waals surface area contributed by atoms with Crippen LogP contribution < -0.4 is 0 Å². The van der Waals surface area contributed by atoms with E-state index in [-0.39, 0.29) is 6.10 Å². The van der Waals surface area contributed by atoms with Crippen molar-refractivity contribution in [2.45, 2.75) is 90.1 Å². The molecule has 2 unspecified atom stereocenters. The minimum Gasteiger partial charge on any atom is -0.393 e. The van der Waals surface area contributed by atoms with Crippen LogP contribution in [0.3, 0.4) is 0 Å². The maximum atomic E-state index is 10.1. The first-order chi connectivity index (χ1) is 8.84. The zero-order valence-electron chi connectivity index (χ0n) is 12.2. The normalized spacial score (nSPS) is 21.1. The molecule has 2 atom stereocenters. The monoisotopic (exact) mass is 252 g/mol. The molecule has 0 fully saturated rings. The number of hydrogen-bond acceptors (Lipinski definition) is 1. The molecule has 1 nitrogen and oxygen atoms in total. The van der Waals surface area contributed by atoms with Crippen molar-refractivity contribution in [3.05, 3.63) is 12.2 Å². The second-order valence-corrected chi connectivity index (χ2v) is 5.88.